The fourth-order valence-corrected chi connectivity index (χ4v) is 3.76. The smallest absolute Gasteiger partial charge is 0.245 e. The highest BCUT2D eigenvalue weighted by Crippen LogP contribution is 2.33. The van der Waals surface area contributed by atoms with E-state index in [1.807, 2.05) is 47.9 Å². The summed E-state index contributed by atoms with van der Waals surface area (Å²) in [6.07, 6.45) is 11.1. The number of nitrogens with one attached hydrogen (secondary N) is 2. The Balaban J connectivity index is 1.66. The predicted molar refractivity (Wildman–Crippen MR) is 124 cm³/mol. The van der Waals surface area contributed by atoms with Gasteiger partial charge < -0.3 is 10.6 Å². The molecule has 0 bridgehead atoms. The number of benzene rings is 1. The average Bonchev–Trinajstić information content (AvgIpc) is 3.15. The Morgan fingerprint density at radius 1 is 1.24 bits per heavy atom. The number of hydrogen-bond acceptors (Lipinski definition) is 4. The molecule has 1 heterocycles. The largest absolute Gasteiger partial charge is 0.338 e. The molecule has 2 N–H and O–H groups in total. The minimum absolute atomic E-state index is 0.172. The maximum absolute atomic E-state index is 12.3. The summed E-state index contributed by atoms with van der Waals surface area (Å²) in [5.74, 6) is -0.197. The first-order valence-corrected chi connectivity index (χ1v) is 11.1. The molecule has 1 amide bonds. The molecule has 1 aromatic heterocycles. The molecule has 9 heteroatoms. The van der Waals surface area contributed by atoms with E-state index in [1.165, 1.54) is 17.4 Å². The molecule has 1 aliphatic rings. The fraction of sp³-hybridized carbons (Fsp3) is 0.200. The van der Waals surface area contributed by atoms with Crippen molar-refractivity contribution in [2.75, 3.05) is 5.32 Å². The van der Waals surface area contributed by atoms with E-state index in [2.05, 4.69) is 15.6 Å². The van der Waals surface area contributed by atoms with Crippen molar-refractivity contribution in [3.63, 3.8) is 0 Å². The molecule has 0 spiro atoms. The maximum atomic E-state index is 12.3. The van der Waals surface area contributed by atoms with Crippen LogP contribution in [0.2, 0.25) is 5.02 Å². The zero-order chi connectivity index (χ0) is 20.9. The van der Waals surface area contributed by atoms with Crippen LogP contribution in [0.15, 0.2) is 66.1 Å². The Morgan fingerprint density at radius 2 is 2.00 bits per heavy atom. The van der Waals surface area contributed by atoms with Gasteiger partial charge in [-0.2, -0.15) is 0 Å². The van der Waals surface area contributed by atoms with Crippen molar-refractivity contribution in [1.82, 2.24) is 10.3 Å². The second kappa shape index (κ2) is 10.0. The van der Waals surface area contributed by atoms with Crippen LogP contribution in [-0.4, -0.2) is 20.8 Å². The van der Waals surface area contributed by atoms with Gasteiger partial charge in [0.1, 0.15) is 6.17 Å². The molecule has 0 fully saturated rings. The summed E-state index contributed by atoms with van der Waals surface area (Å²) < 4.78 is -1.77. The molecule has 0 radical (unpaired) electrons. The number of alkyl halides is 3. The molecule has 0 saturated heterocycles. The van der Waals surface area contributed by atoms with Crippen molar-refractivity contribution in [1.29, 1.82) is 0 Å². The van der Waals surface area contributed by atoms with Crippen LogP contribution < -0.4 is 10.6 Å². The number of amides is 1. The van der Waals surface area contributed by atoms with Crippen molar-refractivity contribution in [3.8, 4) is 11.3 Å². The van der Waals surface area contributed by atoms with E-state index in [-0.39, 0.29) is 11.8 Å². The van der Waals surface area contributed by atoms with E-state index in [0.717, 1.165) is 17.7 Å². The molecule has 0 saturated carbocycles. The van der Waals surface area contributed by atoms with Crippen LogP contribution in [0.25, 0.3) is 11.3 Å². The standard InChI is InChI=1S/C20H17Cl4N3OS/c21-15-9-7-14(8-10-15)16-12-29-19(25-16)27-18(20(22,23)24)26-17(28)11-6-13-4-2-1-3-5-13/h1-4,6-13,18H,5H2,(H,25,27)(H,26,28). The van der Waals surface area contributed by atoms with Gasteiger partial charge in [0.2, 0.25) is 9.70 Å². The second-order valence-corrected chi connectivity index (χ2v) is 9.91. The monoisotopic (exact) mass is 487 g/mol. The van der Waals surface area contributed by atoms with E-state index in [4.69, 9.17) is 46.4 Å². The van der Waals surface area contributed by atoms with Crippen molar-refractivity contribution in [2.24, 2.45) is 5.92 Å². The number of carbonyl (C=O) groups is 1. The highest BCUT2D eigenvalue weighted by Gasteiger charge is 2.34. The topological polar surface area (TPSA) is 54.0 Å². The Labute approximate surface area is 193 Å². The summed E-state index contributed by atoms with van der Waals surface area (Å²) in [5, 5.41) is 8.68. The number of nitrogens with zero attached hydrogens (tertiary/aromatic N) is 1. The first-order valence-electron chi connectivity index (χ1n) is 8.68. The van der Waals surface area contributed by atoms with Gasteiger partial charge in [-0.3, -0.25) is 4.79 Å². The summed E-state index contributed by atoms with van der Waals surface area (Å²) >= 11 is 25.4. The van der Waals surface area contributed by atoms with Crippen molar-refractivity contribution in [2.45, 2.75) is 16.4 Å². The van der Waals surface area contributed by atoms with E-state index >= 15 is 0 Å². The molecular weight excluding hydrogens is 472 g/mol. The van der Waals surface area contributed by atoms with Gasteiger partial charge in [-0.15, -0.1) is 11.3 Å². The van der Waals surface area contributed by atoms with Crippen LogP contribution >= 0.6 is 57.7 Å². The molecular formula is C20H17Cl4N3OS. The molecule has 1 aromatic carbocycles. The molecule has 1 aliphatic carbocycles. The van der Waals surface area contributed by atoms with Crippen molar-refractivity contribution >= 4 is 68.8 Å². The first kappa shape index (κ1) is 22.2. The number of rotatable bonds is 6. The summed E-state index contributed by atoms with van der Waals surface area (Å²) in [6.45, 7) is 0. The summed E-state index contributed by atoms with van der Waals surface area (Å²) in [5.41, 5.74) is 1.66. The lowest BCUT2D eigenvalue weighted by Gasteiger charge is -2.25. The zero-order valence-electron chi connectivity index (χ0n) is 15.0. The number of anilines is 1. The summed E-state index contributed by atoms with van der Waals surface area (Å²) in [4.78, 5) is 16.8. The molecule has 2 unspecified atom stereocenters. The normalized spacial score (nSPS) is 17.4. The lowest BCUT2D eigenvalue weighted by Crippen LogP contribution is -2.48. The van der Waals surface area contributed by atoms with Crippen LogP contribution in [0.1, 0.15) is 6.42 Å². The van der Waals surface area contributed by atoms with Crippen LogP contribution in [0.5, 0.6) is 0 Å². The van der Waals surface area contributed by atoms with Gasteiger partial charge in [0, 0.05) is 16.0 Å². The highest BCUT2D eigenvalue weighted by molar-refractivity contribution is 7.14. The van der Waals surface area contributed by atoms with Crippen LogP contribution in [0.4, 0.5) is 5.13 Å². The van der Waals surface area contributed by atoms with Crippen molar-refractivity contribution < 1.29 is 4.79 Å². The van der Waals surface area contributed by atoms with E-state index in [0.29, 0.717) is 10.2 Å². The lowest BCUT2D eigenvalue weighted by molar-refractivity contribution is -0.117. The van der Waals surface area contributed by atoms with Gasteiger partial charge >= 0.3 is 0 Å². The Kier molecular flexibility index (Phi) is 7.66. The Bertz CT molecular complexity index is 932. The predicted octanol–water partition coefficient (Wildman–Crippen LogP) is 6.38. The van der Waals surface area contributed by atoms with Gasteiger partial charge in [0.05, 0.1) is 5.69 Å². The van der Waals surface area contributed by atoms with Gasteiger partial charge in [0.15, 0.2) is 5.13 Å². The molecule has 0 aliphatic heterocycles. The van der Waals surface area contributed by atoms with Crippen molar-refractivity contribution in [3.05, 3.63) is 71.1 Å². The molecule has 2 atom stereocenters. The third-order valence-electron chi connectivity index (χ3n) is 4.03. The van der Waals surface area contributed by atoms with Gasteiger partial charge in [-0.05, 0) is 30.5 Å². The SMILES string of the molecule is O=C(C=CC1C=CC=CC1)NC(Nc1nc(-c2ccc(Cl)cc2)cs1)C(Cl)(Cl)Cl. The summed E-state index contributed by atoms with van der Waals surface area (Å²) in [7, 11) is 0. The lowest BCUT2D eigenvalue weighted by atomic mass is 10.0. The van der Waals surface area contributed by atoms with Crippen LogP contribution in [-0.2, 0) is 4.79 Å². The van der Waals surface area contributed by atoms with E-state index in [9.17, 15) is 4.79 Å². The third-order valence-corrected chi connectivity index (χ3v) is 5.71. The molecule has 3 rings (SSSR count). The number of hydrogen-bond donors (Lipinski definition) is 2. The van der Waals surface area contributed by atoms with Gasteiger partial charge in [-0.25, -0.2) is 4.98 Å². The van der Waals surface area contributed by atoms with E-state index < -0.39 is 9.96 Å². The molecule has 29 heavy (non-hydrogen) atoms. The average molecular weight is 489 g/mol. The van der Waals surface area contributed by atoms with Gasteiger partial charge in [0.25, 0.3) is 0 Å². The quantitative estimate of drug-likeness (QED) is 0.282. The number of aromatic nitrogens is 1. The Hall–Kier alpha value is -1.50. The fourth-order valence-electron chi connectivity index (χ4n) is 2.56. The van der Waals surface area contributed by atoms with Gasteiger partial charge in [-0.1, -0.05) is 88.9 Å². The number of carbonyl (C=O) groups excluding carboxylic acids is 1. The minimum Gasteiger partial charge on any atom is -0.338 e. The van der Waals surface area contributed by atoms with E-state index in [1.54, 1.807) is 12.1 Å². The molecule has 2 aromatic rings. The highest BCUT2D eigenvalue weighted by atomic mass is 35.6. The van der Waals surface area contributed by atoms with Crippen LogP contribution in [0, 0.1) is 5.92 Å². The van der Waals surface area contributed by atoms with Crippen LogP contribution in [0.3, 0.4) is 0 Å². The summed E-state index contributed by atoms with van der Waals surface area (Å²) in [6, 6.07) is 7.32. The number of allylic oxidation sites excluding steroid dienone is 5. The third kappa shape index (κ3) is 6.76. The maximum Gasteiger partial charge on any atom is 0.245 e. The number of halogens is 4. The minimum atomic E-state index is -1.77. The Morgan fingerprint density at radius 3 is 2.66 bits per heavy atom. The second-order valence-electron chi connectivity index (χ2n) is 6.24. The molecule has 4 nitrogen and oxygen atoms in total. The zero-order valence-corrected chi connectivity index (χ0v) is 18.8. The molecule has 152 valence electrons. The number of thiazole rings is 1. The first-order chi connectivity index (χ1) is 13.8.